The van der Waals surface area contributed by atoms with Crippen LogP contribution in [0.25, 0.3) is 0 Å². The quantitative estimate of drug-likeness (QED) is 0.723. The normalized spacial score (nSPS) is 28.9. The van der Waals surface area contributed by atoms with E-state index in [4.69, 9.17) is 10.5 Å². The van der Waals surface area contributed by atoms with Gasteiger partial charge < -0.3 is 10.5 Å². The van der Waals surface area contributed by atoms with Crippen LogP contribution in [0.15, 0.2) is 0 Å². The van der Waals surface area contributed by atoms with Crippen molar-refractivity contribution in [1.29, 1.82) is 0 Å². The molecule has 1 aliphatic rings. The van der Waals surface area contributed by atoms with Crippen LogP contribution in [0, 0.1) is 11.8 Å². The average molecular weight is 270 g/mol. The Hall–Kier alpha value is -0.120. The summed E-state index contributed by atoms with van der Waals surface area (Å²) in [5.41, 5.74) is 6.41. The van der Waals surface area contributed by atoms with Gasteiger partial charge in [0, 0.05) is 25.7 Å². The lowest BCUT2D eigenvalue weighted by Gasteiger charge is -2.43. The van der Waals surface area contributed by atoms with Crippen molar-refractivity contribution in [2.45, 2.75) is 58.4 Å². The van der Waals surface area contributed by atoms with Gasteiger partial charge in [-0.2, -0.15) is 0 Å². The van der Waals surface area contributed by atoms with Gasteiger partial charge >= 0.3 is 0 Å². The molecule has 0 aromatic heterocycles. The first-order chi connectivity index (χ1) is 9.09. The first-order valence-corrected chi connectivity index (χ1v) is 8.03. The standard InChI is InChI=1S/C16H34N2O/c1-5-18(11-12-19-4)16(13-17)9-6-7-15(8-10-16)14(2)3/h14-15H,5-13,17H2,1-4H3. The summed E-state index contributed by atoms with van der Waals surface area (Å²) in [5, 5.41) is 0. The smallest absolute Gasteiger partial charge is 0.0589 e. The zero-order valence-electron chi connectivity index (χ0n) is 13.5. The summed E-state index contributed by atoms with van der Waals surface area (Å²) in [6.07, 6.45) is 6.54. The molecule has 0 aromatic rings. The number of rotatable bonds is 7. The van der Waals surface area contributed by atoms with Crippen LogP contribution in [0.2, 0.25) is 0 Å². The highest BCUT2D eigenvalue weighted by atomic mass is 16.5. The molecule has 2 unspecified atom stereocenters. The molecule has 0 radical (unpaired) electrons. The van der Waals surface area contributed by atoms with Crippen molar-refractivity contribution in [3.8, 4) is 0 Å². The van der Waals surface area contributed by atoms with Gasteiger partial charge in [0.15, 0.2) is 0 Å². The third kappa shape index (κ3) is 4.44. The number of nitrogens with zero attached hydrogens (tertiary/aromatic N) is 1. The number of methoxy groups -OCH3 is 1. The molecule has 0 amide bonds. The van der Waals surface area contributed by atoms with Gasteiger partial charge in [-0.05, 0) is 37.6 Å². The van der Waals surface area contributed by atoms with Crippen LogP contribution < -0.4 is 5.73 Å². The second-order valence-corrected chi connectivity index (χ2v) is 6.44. The monoisotopic (exact) mass is 270 g/mol. The fraction of sp³-hybridized carbons (Fsp3) is 1.00. The van der Waals surface area contributed by atoms with E-state index in [-0.39, 0.29) is 5.54 Å². The molecule has 1 aliphatic carbocycles. The number of likely N-dealkylation sites (N-methyl/N-ethyl adjacent to an activating group) is 1. The second-order valence-electron chi connectivity index (χ2n) is 6.44. The van der Waals surface area contributed by atoms with E-state index >= 15 is 0 Å². The molecule has 1 saturated carbocycles. The summed E-state index contributed by atoms with van der Waals surface area (Å²) in [6, 6.07) is 0. The molecule has 0 saturated heterocycles. The highest BCUT2D eigenvalue weighted by Gasteiger charge is 2.36. The third-order valence-corrected chi connectivity index (χ3v) is 5.14. The van der Waals surface area contributed by atoms with Crippen molar-refractivity contribution in [1.82, 2.24) is 4.90 Å². The zero-order chi connectivity index (χ0) is 14.3. The molecule has 114 valence electrons. The van der Waals surface area contributed by atoms with E-state index in [1.807, 2.05) is 0 Å². The van der Waals surface area contributed by atoms with Crippen LogP contribution in [0.1, 0.15) is 52.9 Å². The van der Waals surface area contributed by atoms with E-state index in [2.05, 4.69) is 25.7 Å². The lowest BCUT2D eigenvalue weighted by Crippen LogP contribution is -2.54. The Bertz CT molecular complexity index is 245. The minimum atomic E-state index is 0.219. The Balaban J connectivity index is 2.72. The topological polar surface area (TPSA) is 38.5 Å². The second kappa shape index (κ2) is 8.23. The minimum Gasteiger partial charge on any atom is -0.383 e. The molecule has 1 rings (SSSR count). The predicted molar refractivity (Wildman–Crippen MR) is 82.3 cm³/mol. The summed E-state index contributed by atoms with van der Waals surface area (Å²) in [5.74, 6) is 1.69. The van der Waals surface area contributed by atoms with Crippen molar-refractivity contribution in [2.75, 3.05) is 33.4 Å². The molecule has 0 spiro atoms. The van der Waals surface area contributed by atoms with Crippen LogP contribution in [0.5, 0.6) is 0 Å². The lowest BCUT2D eigenvalue weighted by molar-refractivity contribution is 0.0519. The fourth-order valence-corrected chi connectivity index (χ4v) is 3.67. The van der Waals surface area contributed by atoms with Crippen molar-refractivity contribution < 1.29 is 4.74 Å². The molecule has 19 heavy (non-hydrogen) atoms. The van der Waals surface area contributed by atoms with Gasteiger partial charge in [0.25, 0.3) is 0 Å². The Morgan fingerprint density at radius 2 is 2.05 bits per heavy atom. The van der Waals surface area contributed by atoms with Gasteiger partial charge in [-0.1, -0.05) is 33.6 Å². The molecule has 0 aliphatic heterocycles. The van der Waals surface area contributed by atoms with Crippen molar-refractivity contribution in [3.05, 3.63) is 0 Å². The summed E-state index contributed by atoms with van der Waals surface area (Å²) < 4.78 is 5.26. The van der Waals surface area contributed by atoms with Crippen LogP contribution in [0.3, 0.4) is 0 Å². The Morgan fingerprint density at radius 1 is 1.32 bits per heavy atom. The van der Waals surface area contributed by atoms with E-state index in [0.717, 1.165) is 38.1 Å². The molecule has 3 nitrogen and oxygen atoms in total. The van der Waals surface area contributed by atoms with Crippen molar-refractivity contribution in [3.63, 3.8) is 0 Å². The van der Waals surface area contributed by atoms with Gasteiger partial charge in [0.05, 0.1) is 6.61 Å². The molecule has 0 bridgehead atoms. The van der Waals surface area contributed by atoms with Crippen LogP contribution in [-0.4, -0.2) is 43.8 Å². The zero-order valence-corrected chi connectivity index (χ0v) is 13.5. The highest BCUT2D eigenvalue weighted by molar-refractivity contribution is 4.94. The highest BCUT2D eigenvalue weighted by Crippen LogP contribution is 2.36. The molecule has 2 atom stereocenters. The lowest BCUT2D eigenvalue weighted by atomic mass is 9.85. The number of nitrogens with two attached hydrogens (primary N) is 1. The van der Waals surface area contributed by atoms with E-state index in [1.165, 1.54) is 32.1 Å². The SMILES string of the molecule is CCN(CCOC)C1(CN)CCCC(C(C)C)CC1. The molecular weight excluding hydrogens is 236 g/mol. The molecule has 2 N–H and O–H groups in total. The predicted octanol–water partition coefficient (Wildman–Crippen LogP) is 2.89. The van der Waals surface area contributed by atoms with Gasteiger partial charge in [-0.25, -0.2) is 0 Å². The summed E-state index contributed by atoms with van der Waals surface area (Å²) in [6.45, 7) is 10.7. The Morgan fingerprint density at radius 3 is 2.58 bits per heavy atom. The van der Waals surface area contributed by atoms with Crippen molar-refractivity contribution >= 4 is 0 Å². The van der Waals surface area contributed by atoms with Crippen molar-refractivity contribution in [2.24, 2.45) is 17.6 Å². The number of hydrogen-bond donors (Lipinski definition) is 1. The molecule has 3 heteroatoms. The van der Waals surface area contributed by atoms with Crippen LogP contribution >= 0.6 is 0 Å². The molecule has 0 heterocycles. The van der Waals surface area contributed by atoms with Gasteiger partial charge in [-0.15, -0.1) is 0 Å². The van der Waals surface area contributed by atoms with E-state index < -0.39 is 0 Å². The molecule has 0 aromatic carbocycles. The number of hydrogen-bond acceptors (Lipinski definition) is 3. The fourth-order valence-electron chi connectivity index (χ4n) is 3.67. The Kier molecular flexibility index (Phi) is 7.33. The summed E-state index contributed by atoms with van der Waals surface area (Å²) in [4.78, 5) is 2.57. The largest absolute Gasteiger partial charge is 0.383 e. The summed E-state index contributed by atoms with van der Waals surface area (Å²) >= 11 is 0. The third-order valence-electron chi connectivity index (χ3n) is 5.14. The average Bonchev–Trinajstić information content (AvgIpc) is 2.63. The summed E-state index contributed by atoms with van der Waals surface area (Å²) in [7, 11) is 1.78. The maximum Gasteiger partial charge on any atom is 0.0589 e. The van der Waals surface area contributed by atoms with Gasteiger partial charge in [0.2, 0.25) is 0 Å². The minimum absolute atomic E-state index is 0.219. The molecular formula is C16H34N2O. The van der Waals surface area contributed by atoms with E-state index in [9.17, 15) is 0 Å². The maximum atomic E-state index is 6.19. The number of ether oxygens (including phenoxy) is 1. The van der Waals surface area contributed by atoms with E-state index in [0.29, 0.717) is 0 Å². The van der Waals surface area contributed by atoms with Gasteiger partial charge in [-0.3, -0.25) is 4.90 Å². The van der Waals surface area contributed by atoms with Crippen LogP contribution in [0.4, 0.5) is 0 Å². The Labute approximate surface area is 119 Å². The van der Waals surface area contributed by atoms with Gasteiger partial charge in [0.1, 0.15) is 0 Å². The maximum absolute atomic E-state index is 6.19. The van der Waals surface area contributed by atoms with E-state index in [1.54, 1.807) is 7.11 Å². The first-order valence-electron chi connectivity index (χ1n) is 8.03. The van der Waals surface area contributed by atoms with Crippen LogP contribution in [-0.2, 0) is 4.74 Å². The first kappa shape index (κ1) is 16.9. The molecule has 1 fully saturated rings.